The molecule has 0 aliphatic heterocycles. The number of pyridine rings is 2. The van der Waals surface area contributed by atoms with E-state index in [0.717, 1.165) is 38.5 Å². The number of aromatic nitrogens is 3. The molecule has 0 fully saturated rings. The Morgan fingerprint density at radius 2 is 0.945 bits per heavy atom. The number of hydrogen-bond donors (Lipinski definition) is 0. The van der Waals surface area contributed by atoms with Crippen LogP contribution < -0.4 is 0 Å². The molecule has 0 saturated carbocycles. The third-order valence-corrected chi connectivity index (χ3v) is 11.6. The fourth-order valence-electron chi connectivity index (χ4n) is 9.39. The molecule has 1 aliphatic rings. The first-order chi connectivity index (χ1) is 27.3. The standard InChI is InChI=1S/C52H31N3/c1-3-12-33(13-4-1)46-38-16-7-8-17-39(38)47(34-14-5-2-6-15-34)50-42-27-26-36(37-18-9-19-41(48(37)42)49(46)50)32-22-24-35(25-23-32)55-45-21-11-31-54-51(45)43-28-29-44-40(52(43)55)20-10-30-53-44/h1-31H. The highest BCUT2D eigenvalue weighted by Crippen LogP contribution is 2.58. The van der Waals surface area contributed by atoms with E-state index in [1.165, 1.54) is 77.2 Å². The molecule has 0 radical (unpaired) electrons. The number of rotatable bonds is 4. The van der Waals surface area contributed by atoms with Gasteiger partial charge in [-0.3, -0.25) is 9.97 Å². The van der Waals surface area contributed by atoms with Gasteiger partial charge in [-0.15, -0.1) is 0 Å². The van der Waals surface area contributed by atoms with Crippen LogP contribution in [-0.2, 0) is 0 Å². The number of hydrogen-bond acceptors (Lipinski definition) is 2. The van der Waals surface area contributed by atoms with Crippen molar-refractivity contribution in [2.45, 2.75) is 0 Å². The first-order valence-electron chi connectivity index (χ1n) is 18.8. The second-order valence-corrected chi connectivity index (χ2v) is 14.5. The molecule has 0 saturated heterocycles. The number of benzene rings is 8. The van der Waals surface area contributed by atoms with Crippen molar-refractivity contribution in [1.29, 1.82) is 0 Å². The molecule has 0 bridgehead atoms. The molecule has 1 aliphatic carbocycles. The van der Waals surface area contributed by atoms with Crippen molar-refractivity contribution in [3.63, 3.8) is 0 Å². The molecule has 12 rings (SSSR count). The van der Waals surface area contributed by atoms with Crippen LogP contribution in [0.4, 0.5) is 0 Å². The molecular formula is C52H31N3. The van der Waals surface area contributed by atoms with Gasteiger partial charge >= 0.3 is 0 Å². The Bertz CT molecular complexity index is 3250. The molecule has 8 aromatic carbocycles. The van der Waals surface area contributed by atoms with Crippen LogP contribution in [-0.4, -0.2) is 14.5 Å². The summed E-state index contributed by atoms with van der Waals surface area (Å²) in [5.74, 6) is 0. The van der Waals surface area contributed by atoms with E-state index in [4.69, 9.17) is 4.98 Å². The average molecular weight is 698 g/mol. The Kier molecular flexibility index (Phi) is 6.34. The lowest BCUT2D eigenvalue weighted by molar-refractivity contribution is 1.18. The molecule has 3 heteroatoms. The Morgan fingerprint density at radius 3 is 1.67 bits per heavy atom. The summed E-state index contributed by atoms with van der Waals surface area (Å²) in [5.41, 5.74) is 18.0. The van der Waals surface area contributed by atoms with E-state index in [1.807, 2.05) is 24.5 Å². The summed E-state index contributed by atoms with van der Waals surface area (Å²) in [5, 5.41) is 7.37. The molecule has 0 N–H and O–H groups in total. The second-order valence-electron chi connectivity index (χ2n) is 14.5. The summed E-state index contributed by atoms with van der Waals surface area (Å²) in [6.45, 7) is 0. The summed E-state index contributed by atoms with van der Waals surface area (Å²) in [4.78, 5) is 9.51. The Hall–Kier alpha value is -7.36. The molecule has 0 amide bonds. The second kappa shape index (κ2) is 11.6. The summed E-state index contributed by atoms with van der Waals surface area (Å²) in [6.07, 6.45) is 3.74. The third kappa shape index (κ3) is 4.26. The largest absolute Gasteiger partial charge is 0.307 e. The van der Waals surface area contributed by atoms with Crippen molar-refractivity contribution in [3.8, 4) is 61.3 Å². The van der Waals surface area contributed by atoms with Crippen LogP contribution in [0, 0.1) is 0 Å². The van der Waals surface area contributed by atoms with Crippen LogP contribution >= 0.6 is 0 Å². The van der Waals surface area contributed by atoms with E-state index in [0.29, 0.717) is 0 Å². The van der Waals surface area contributed by atoms with Crippen molar-refractivity contribution < 1.29 is 0 Å². The lowest BCUT2D eigenvalue weighted by Crippen LogP contribution is -1.95. The van der Waals surface area contributed by atoms with Gasteiger partial charge in [0.2, 0.25) is 0 Å². The molecule has 3 heterocycles. The topological polar surface area (TPSA) is 30.7 Å². The molecule has 0 spiro atoms. The smallest absolute Gasteiger partial charge is 0.0963 e. The summed E-state index contributed by atoms with van der Waals surface area (Å²) < 4.78 is 2.34. The number of nitrogens with zero attached hydrogens (tertiary/aromatic N) is 3. The van der Waals surface area contributed by atoms with E-state index in [9.17, 15) is 0 Å². The molecule has 3 aromatic heterocycles. The normalized spacial score (nSPS) is 12.0. The number of fused-ring (bicyclic) bond motifs is 9. The maximum absolute atomic E-state index is 4.83. The van der Waals surface area contributed by atoms with Gasteiger partial charge in [0, 0.05) is 28.9 Å². The molecule has 3 nitrogen and oxygen atoms in total. The van der Waals surface area contributed by atoms with Crippen molar-refractivity contribution >= 4 is 54.4 Å². The minimum absolute atomic E-state index is 0.975. The predicted octanol–water partition coefficient (Wildman–Crippen LogP) is 13.7. The Morgan fingerprint density at radius 1 is 0.345 bits per heavy atom. The van der Waals surface area contributed by atoms with E-state index < -0.39 is 0 Å². The summed E-state index contributed by atoms with van der Waals surface area (Å²) in [7, 11) is 0. The van der Waals surface area contributed by atoms with Gasteiger partial charge in [-0.1, -0.05) is 127 Å². The van der Waals surface area contributed by atoms with Gasteiger partial charge in [-0.25, -0.2) is 0 Å². The summed E-state index contributed by atoms with van der Waals surface area (Å²) >= 11 is 0. The van der Waals surface area contributed by atoms with Gasteiger partial charge in [0.15, 0.2) is 0 Å². The van der Waals surface area contributed by atoms with Crippen LogP contribution in [0.2, 0.25) is 0 Å². The molecule has 11 aromatic rings. The fourth-order valence-corrected chi connectivity index (χ4v) is 9.39. The quantitative estimate of drug-likeness (QED) is 0.183. The van der Waals surface area contributed by atoms with Crippen LogP contribution in [0.1, 0.15) is 0 Å². The highest BCUT2D eigenvalue weighted by molar-refractivity contribution is 6.29. The SMILES string of the molecule is c1ccc(-c2c3c(c(-c4ccccc4)c4ccccc24)-c2ccc(-c4ccc(-n5c6cccnc6c6ccc7ncccc7c65)cc4)c4cccc-3c24)cc1. The van der Waals surface area contributed by atoms with Gasteiger partial charge in [0.25, 0.3) is 0 Å². The maximum atomic E-state index is 4.83. The zero-order valence-corrected chi connectivity index (χ0v) is 29.7. The van der Waals surface area contributed by atoms with Crippen LogP contribution in [0.25, 0.3) is 116 Å². The van der Waals surface area contributed by atoms with Crippen molar-refractivity contribution in [3.05, 3.63) is 188 Å². The van der Waals surface area contributed by atoms with E-state index in [2.05, 4.69) is 173 Å². The van der Waals surface area contributed by atoms with Crippen LogP contribution in [0.5, 0.6) is 0 Å². The van der Waals surface area contributed by atoms with Crippen molar-refractivity contribution in [1.82, 2.24) is 14.5 Å². The van der Waals surface area contributed by atoms with Crippen LogP contribution in [0.3, 0.4) is 0 Å². The van der Waals surface area contributed by atoms with Gasteiger partial charge in [-0.05, 0) is 126 Å². The van der Waals surface area contributed by atoms with Gasteiger partial charge in [0.05, 0.1) is 22.1 Å². The van der Waals surface area contributed by atoms with Gasteiger partial charge < -0.3 is 4.57 Å². The highest BCUT2D eigenvalue weighted by Gasteiger charge is 2.31. The van der Waals surface area contributed by atoms with E-state index in [-0.39, 0.29) is 0 Å². The molecule has 55 heavy (non-hydrogen) atoms. The maximum Gasteiger partial charge on any atom is 0.0963 e. The highest BCUT2D eigenvalue weighted by atomic mass is 15.0. The van der Waals surface area contributed by atoms with Gasteiger partial charge in [-0.2, -0.15) is 0 Å². The predicted molar refractivity (Wildman–Crippen MR) is 230 cm³/mol. The Balaban J connectivity index is 1.09. The minimum atomic E-state index is 0.975. The molecule has 254 valence electrons. The first kappa shape index (κ1) is 30.1. The van der Waals surface area contributed by atoms with Gasteiger partial charge in [0.1, 0.15) is 0 Å². The van der Waals surface area contributed by atoms with Crippen molar-refractivity contribution in [2.75, 3.05) is 0 Å². The molecule has 0 atom stereocenters. The monoisotopic (exact) mass is 697 g/mol. The molecular weight excluding hydrogens is 667 g/mol. The van der Waals surface area contributed by atoms with Crippen LogP contribution in [0.15, 0.2) is 188 Å². The zero-order chi connectivity index (χ0) is 36.0. The van der Waals surface area contributed by atoms with Crippen molar-refractivity contribution in [2.24, 2.45) is 0 Å². The third-order valence-electron chi connectivity index (χ3n) is 11.6. The van der Waals surface area contributed by atoms with E-state index in [1.54, 1.807) is 0 Å². The first-order valence-corrected chi connectivity index (χ1v) is 18.8. The van der Waals surface area contributed by atoms with E-state index >= 15 is 0 Å². The average Bonchev–Trinajstić information content (AvgIpc) is 3.78. The lowest BCUT2D eigenvalue weighted by atomic mass is 9.82. The lowest BCUT2D eigenvalue weighted by Gasteiger charge is -2.20. The summed E-state index contributed by atoms with van der Waals surface area (Å²) in [6, 6.07) is 64.1. The molecule has 0 unspecified atom stereocenters. The Labute approximate surface area is 317 Å². The zero-order valence-electron chi connectivity index (χ0n) is 29.7. The minimum Gasteiger partial charge on any atom is -0.307 e. The fraction of sp³-hybridized carbons (Fsp3) is 0.